The van der Waals surface area contributed by atoms with E-state index in [0.29, 0.717) is 6.54 Å². The number of benzene rings is 2. The van der Waals surface area contributed by atoms with E-state index >= 15 is 0 Å². The van der Waals surface area contributed by atoms with Gasteiger partial charge in [0.1, 0.15) is 11.9 Å². The Morgan fingerprint density at radius 3 is 2.52 bits per heavy atom. The molecule has 0 aliphatic carbocycles. The van der Waals surface area contributed by atoms with E-state index in [2.05, 4.69) is 41.3 Å². The van der Waals surface area contributed by atoms with Gasteiger partial charge in [-0.05, 0) is 56.7 Å². The summed E-state index contributed by atoms with van der Waals surface area (Å²) in [7, 11) is 1.68. The van der Waals surface area contributed by atoms with Gasteiger partial charge < -0.3 is 9.64 Å². The molecule has 1 aliphatic heterocycles. The van der Waals surface area contributed by atoms with E-state index in [1.54, 1.807) is 7.11 Å². The van der Waals surface area contributed by atoms with E-state index < -0.39 is 0 Å². The molecule has 0 radical (unpaired) electrons. The summed E-state index contributed by atoms with van der Waals surface area (Å²) in [6.07, 6.45) is 4.23. The van der Waals surface area contributed by atoms with Crippen molar-refractivity contribution in [1.82, 2.24) is 4.57 Å². The van der Waals surface area contributed by atoms with Crippen LogP contribution in [0.1, 0.15) is 26.1 Å². The second-order valence-corrected chi connectivity index (χ2v) is 7.74. The molecule has 150 valence electrons. The second-order valence-electron chi connectivity index (χ2n) is 7.74. The largest absolute Gasteiger partial charge is 0.497 e. The van der Waals surface area contributed by atoms with Gasteiger partial charge in [0, 0.05) is 17.3 Å². The SMILES string of the molecule is COc1ccc(-c2c[n+](CC(=O)N(c3ccccc3)C(C)C)c3n2CCC3)cc1. The number of amides is 1. The van der Waals surface area contributed by atoms with E-state index in [-0.39, 0.29) is 11.9 Å². The summed E-state index contributed by atoms with van der Waals surface area (Å²) in [5.41, 5.74) is 3.24. The molecule has 0 unspecified atom stereocenters. The van der Waals surface area contributed by atoms with Crippen molar-refractivity contribution < 1.29 is 14.1 Å². The number of carbonyl (C=O) groups is 1. The molecule has 0 fully saturated rings. The van der Waals surface area contributed by atoms with Gasteiger partial charge in [-0.3, -0.25) is 4.79 Å². The van der Waals surface area contributed by atoms with Crippen molar-refractivity contribution in [2.24, 2.45) is 0 Å². The van der Waals surface area contributed by atoms with E-state index in [4.69, 9.17) is 4.74 Å². The Hall–Kier alpha value is -3.08. The van der Waals surface area contributed by atoms with Gasteiger partial charge in [0.15, 0.2) is 12.2 Å². The molecule has 0 saturated carbocycles. The van der Waals surface area contributed by atoms with Crippen molar-refractivity contribution >= 4 is 11.6 Å². The van der Waals surface area contributed by atoms with Crippen LogP contribution in [0.2, 0.25) is 0 Å². The third kappa shape index (κ3) is 3.77. The number of methoxy groups -OCH3 is 1. The van der Waals surface area contributed by atoms with Crippen molar-refractivity contribution in [1.29, 1.82) is 0 Å². The monoisotopic (exact) mass is 390 g/mol. The number of rotatable bonds is 6. The first-order chi connectivity index (χ1) is 14.1. The molecule has 0 atom stereocenters. The summed E-state index contributed by atoms with van der Waals surface area (Å²) < 4.78 is 9.76. The summed E-state index contributed by atoms with van der Waals surface area (Å²) in [6, 6.07) is 18.1. The fourth-order valence-electron chi connectivity index (χ4n) is 4.18. The zero-order valence-corrected chi connectivity index (χ0v) is 17.3. The molecule has 2 aromatic carbocycles. The number of aromatic nitrogens is 2. The zero-order valence-electron chi connectivity index (χ0n) is 17.3. The Morgan fingerprint density at radius 2 is 1.86 bits per heavy atom. The molecule has 1 aliphatic rings. The summed E-state index contributed by atoms with van der Waals surface area (Å²) >= 11 is 0. The Balaban J connectivity index is 1.64. The van der Waals surface area contributed by atoms with Gasteiger partial charge >= 0.3 is 0 Å². The predicted molar refractivity (Wildman–Crippen MR) is 114 cm³/mol. The van der Waals surface area contributed by atoms with E-state index in [9.17, 15) is 4.79 Å². The molecule has 1 amide bonds. The first kappa shape index (κ1) is 19.2. The molecule has 2 heterocycles. The maximum atomic E-state index is 13.3. The van der Waals surface area contributed by atoms with Crippen LogP contribution >= 0.6 is 0 Å². The highest BCUT2D eigenvalue weighted by Crippen LogP contribution is 2.26. The molecule has 1 aromatic heterocycles. The van der Waals surface area contributed by atoms with Crippen LogP contribution in [0.15, 0.2) is 60.8 Å². The highest BCUT2D eigenvalue weighted by atomic mass is 16.5. The van der Waals surface area contributed by atoms with Crippen LogP contribution in [0.3, 0.4) is 0 Å². The van der Waals surface area contributed by atoms with Crippen LogP contribution < -0.4 is 14.2 Å². The van der Waals surface area contributed by atoms with Gasteiger partial charge in [0.2, 0.25) is 0 Å². The average Bonchev–Trinajstić information content (AvgIpc) is 3.33. The van der Waals surface area contributed by atoms with Crippen molar-refractivity contribution in [3.05, 3.63) is 66.6 Å². The number of nitrogens with zero attached hydrogens (tertiary/aromatic N) is 3. The molecular weight excluding hydrogens is 362 g/mol. The summed E-state index contributed by atoms with van der Waals surface area (Å²) in [4.78, 5) is 15.2. The highest BCUT2D eigenvalue weighted by Gasteiger charge is 2.31. The van der Waals surface area contributed by atoms with Crippen LogP contribution in [0.25, 0.3) is 11.3 Å². The lowest BCUT2D eigenvalue weighted by molar-refractivity contribution is -0.690. The lowest BCUT2D eigenvalue weighted by atomic mass is 10.1. The summed E-state index contributed by atoms with van der Waals surface area (Å²) in [5.74, 6) is 2.18. The number of carbonyl (C=O) groups excluding carboxylic acids is 1. The van der Waals surface area contributed by atoms with Gasteiger partial charge in [-0.2, -0.15) is 0 Å². The lowest BCUT2D eigenvalue weighted by Gasteiger charge is -2.26. The first-order valence-electron chi connectivity index (χ1n) is 10.2. The molecule has 0 saturated heterocycles. The number of hydrogen-bond donors (Lipinski definition) is 0. The van der Waals surface area contributed by atoms with Gasteiger partial charge in [-0.25, -0.2) is 9.13 Å². The molecular formula is C24H28N3O2+. The Labute approximate surface area is 172 Å². The molecule has 0 spiro atoms. The third-order valence-corrected chi connectivity index (χ3v) is 5.50. The van der Waals surface area contributed by atoms with Crippen LogP contribution in [-0.2, 0) is 24.3 Å². The second kappa shape index (κ2) is 8.11. The molecule has 29 heavy (non-hydrogen) atoms. The Morgan fingerprint density at radius 1 is 1.14 bits per heavy atom. The normalized spacial score (nSPS) is 12.8. The fourth-order valence-corrected chi connectivity index (χ4v) is 4.18. The van der Waals surface area contributed by atoms with Crippen LogP contribution in [0, 0.1) is 0 Å². The number of para-hydroxylation sites is 1. The van der Waals surface area contributed by atoms with Crippen LogP contribution in [-0.4, -0.2) is 23.6 Å². The fraction of sp³-hybridized carbons (Fsp3) is 0.333. The number of hydrogen-bond acceptors (Lipinski definition) is 2. The van der Waals surface area contributed by atoms with Crippen LogP contribution in [0.4, 0.5) is 5.69 Å². The summed E-state index contributed by atoms with van der Waals surface area (Å²) in [6.45, 7) is 5.45. The van der Waals surface area contributed by atoms with Crippen LogP contribution in [0.5, 0.6) is 5.75 Å². The third-order valence-electron chi connectivity index (χ3n) is 5.50. The standard InChI is InChI=1S/C24H28N3O2/c1-18(2)27(20-8-5-4-6-9-20)24(28)17-25-16-22(26-15-7-10-23(25)26)19-11-13-21(29-3)14-12-19/h4-6,8-9,11-14,16,18H,7,10,15,17H2,1-3H3/q+1. The molecule has 5 nitrogen and oxygen atoms in total. The maximum absolute atomic E-state index is 13.3. The van der Waals surface area contributed by atoms with E-state index in [1.165, 1.54) is 5.82 Å². The van der Waals surface area contributed by atoms with Gasteiger partial charge in [-0.1, -0.05) is 18.2 Å². The molecule has 3 aromatic rings. The highest BCUT2D eigenvalue weighted by molar-refractivity contribution is 5.92. The average molecular weight is 391 g/mol. The quantitative estimate of drug-likeness (QED) is 0.600. The number of ether oxygens (including phenoxy) is 1. The minimum Gasteiger partial charge on any atom is -0.497 e. The van der Waals surface area contributed by atoms with Crippen molar-refractivity contribution in [3.8, 4) is 17.0 Å². The number of fused-ring (bicyclic) bond motifs is 1. The smallest absolute Gasteiger partial charge is 0.269 e. The Bertz CT molecular complexity index is 991. The predicted octanol–water partition coefficient (Wildman–Crippen LogP) is 3.84. The van der Waals surface area contributed by atoms with Crippen molar-refractivity contribution in [2.45, 2.75) is 45.8 Å². The van der Waals surface area contributed by atoms with Gasteiger partial charge in [0.05, 0.1) is 20.1 Å². The van der Waals surface area contributed by atoms with Crippen molar-refractivity contribution in [3.63, 3.8) is 0 Å². The summed E-state index contributed by atoms with van der Waals surface area (Å²) in [5, 5.41) is 0. The molecule has 0 N–H and O–H groups in total. The molecule has 4 rings (SSSR count). The lowest BCUT2D eigenvalue weighted by Crippen LogP contribution is -2.48. The minimum atomic E-state index is 0.0993. The topological polar surface area (TPSA) is 38.4 Å². The number of imidazole rings is 1. The Kier molecular flexibility index (Phi) is 5.38. The van der Waals surface area contributed by atoms with Crippen molar-refractivity contribution in [2.75, 3.05) is 12.0 Å². The maximum Gasteiger partial charge on any atom is 0.269 e. The van der Waals surface area contributed by atoms with E-state index in [0.717, 1.165) is 42.1 Å². The number of anilines is 1. The van der Waals surface area contributed by atoms with Gasteiger partial charge in [-0.15, -0.1) is 0 Å². The minimum absolute atomic E-state index is 0.0993. The molecule has 0 bridgehead atoms. The first-order valence-corrected chi connectivity index (χ1v) is 10.2. The molecule has 5 heteroatoms. The zero-order chi connectivity index (χ0) is 20.4. The van der Waals surface area contributed by atoms with Gasteiger partial charge in [0.25, 0.3) is 11.7 Å². The van der Waals surface area contributed by atoms with E-state index in [1.807, 2.05) is 47.4 Å².